The van der Waals surface area contributed by atoms with Crippen LogP contribution in [0.15, 0.2) is 36.4 Å². The van der Waals surface area contributed by atoms with Crippen molar-refractivity contribution in [2.45, 2.75) is 19.5 Å². The lowest BCUT2D eigenvalue weighted by Crippen LogP contribution is -2.39. The SMILES string of the molecule is CCCN(CC(=O)Nc1ccccc1C(F)(F)F)CC(=O)Nc1ccc(F)c(F)c1F. The molecule has 0 saturated carbocycles. The Labute approximate surface area is 174 Å². The average Bonchev–Trinajstić information content (AvgIpc) is 2.68. The number of alkyl halides is 3. The number of para-hydroxylation sites is 1. The van der Waals surface area contributed by atoms with Crippen LogP contribution in [-0.4, -0.2) is 36.3 Å². The summed E-state index contributed by atoms with van der Waals surface area (Å²) in [6, 6.07) is 5.93. The maximum Gasteiger partial charge on any atom is 0.418 e. The molecule has 0 aliphatic carbocycles. The molecule has 0 fully saturated rings. The molecule has 5 nitrogen and oxygen atoms in total. The van der Waals surface area contributed by atoms with E-state index in [4.69, 9.17) is 0 Å². The van der Waals surface area contributed by atoms with Crippen LogP contribution in [0.3, 0.4) is 0 Å². The molecule has 2 N–H and O–H groups in total. The molecule has 0 saturated heterocycles. The van der Waals surface area contributed by atoms with E-state index in [1.54, 1.807) is 6.92 Å². The fraction of sp³-hybridized carbons (Fsp3) is 0.300. The first-order valence-electron chi connectivity index (χ1n) is 9.14. The molecule has 0 atom stereocenters. The normalized spacial score (nSPS) is 11.5. The third kappa shape index (κ3) is 6.71. The van der Waals surface area contributed by atoms with E-state index in [1.807, 2.05) is 0 Å². The number of carbonyl (C=O) groups is 2. The smallest absolute Gasteiger partial charge is 0.324 e. The van der Waals surface area contributed by atoms with Crippen LogP contribution in [0.2, 0.25) is 0 Å². The van der Waals surface area contributed by atoms with Crippen LogP contribution in [0.1, 0.15) is 18.9 Å². The lowest BCUT2D eigenvalue weighted by molar-refractivity contribution is -0.137. The number of carbonyl (C=O) groups excluding carboxylic acids is 2. The summed E-state index contributed by atoms with van der Waals surface area (Å²) in [5.74, 6) is -6.35. The number of amides is 2. The van der Waals surface area contributed by atoms with Crippen molar-refractivity contribution in [3.63, 3.8) is 0 Å². The first kappa shape index (κ1) is 24.2. The van der Waals surface area contributed by atoms with E-state index in [-0.39, 0.29) is 6.54 Å². The van der Waals surface area contributed by atoms with Crippen molar-refractivity contribution in [3.05, 3.63) is 59.4 Å². The first-order valence-corrected chi connectivity index (χ1v) is 9.14. The van der Waals surface area contributed by atoms with Crippen molar-refractivity contribution in [3.8, 4) is 0 Å². The van der Waals surface area contributed by atoms with Gasteiger partial charge in [0.05, 0.1) is 30.0 Å². The van der Waals surface area contributed by atoms with Crippen LogP contribution >= 0.6 is 0 Å². The fourth-order valence-corrected chi connectivity index (χ4v) is 2.78. The highest BCUT2D eigenvalue weighted by Gasteiger charge is 2.33. The molecular formula is C20H19F6N3O2. The van der Waals surface area contributed by atoms with Gasteiger partial charge in [0.1, 0.15) is 0 Å². The summed E-state index contributed by atoms with van der Waals surface area (Å²) in [7, 11) is 0. The molecule has 0 bridgehead atoms. The van der Waals surface area contributed by atoms with Crippen molar-refractivity contribution < 1.29 is 35.9 Å². The van der Waals surface area contributed by atoms with Gasteiger partial charge in [-0.25, -0.2) is 13.2 Å². The van der Waals surface area contributed by atoms with Gasteiger partial charge in [0.25, 0.3) is 0 Å². The molecule has 31 heavy (non-hydrogen) atoms. The van der Waals surface area contributed by atoms with Gasteiger partial charge in [-0.3, -0.25) is 14.5 Å². The Kier molecular flexibility index (Phi) is 8.03. The van der Waals surface area contributed by atoms with Crippen LogP contribution < -0.4 is 10.6 Å². The van der Waals surface area contributed by atoms with Crippen LogP contribution in [0.5, 0.6) is 0 Å². The zero-order chi connectivity index (χ0) is 23.2. The van der Waals surface area contributed by atoms with Gasteiger partial charge in [0, 0.05) is 0 Å². The van der Waals surface area contributed by atoms with Crippen LogP contribution in [-0.2, 0) is 15.8 Å². The van der Waals surface area contributed by atoms with Gasteiger partial charge < -0.3 is 10.6 Å². The Morgan fingerprint density at radius 2 is 1.45 bits per heavy atom. The van der Waals surface area contributed by atoms with Gasteiger partial charge in [-0.15, -0.1) is 0 Å². The molecule has 0 aliphatic heterocycles. The molecule has 2 rings (SSSR count). The Bertz CT molecular complexity index is 949. The molecule has 0 spiro atoms. The Balaban J connectivity index is 2.04. The molecule has 0 aromatic heterocycles. The molecule has 0 radical (unpaired) electrons. The number of hydrogen-bond donors (Lipinski definition) is 2. The van der Waals surface area contributed by atoms with Crippen molar-refractivity contribution in [1.82, 2.24) is 4.90 Å². The minimum absolute atomic E-state index is 0.224. The number of benzene rings is 2. The maximum absolute atomic E-state index is 13.7. The number of nitrogens with zero attached hydrogens (tertiary/aromatic N) is 1. The van der Waals surface area contributed by atoms with Crippen LogP contribution in [0, 0.1) is 17.5 Å². The molecule has 0 aliphatic rings. The van der Waals surface area contributed by atoms with E-state index in [0.717, 1.165) is 18.2 Å². The van der Waals surface area contributed by atoms with Gasteiger partial charge in [-0.2, -0.15) is 13.2 Å². The molecule has 168 valence electrons. The Morgan fingerprint density at radius 1 is 0.871 bits per heavy atom. The quantitative estimate of drug-likeness (QED) is 0.466. The summed E-state index contributed by atoms with van der Waals surface area (Å²) >= 11 is 0. The maximum atomic E-state index is 13.7. The van der Waals surface area contributed by atoms with Gasteiger partial charge in [-0.05, 0) is 37.2 Å². The van der Waals surface area contributed by atoms with E-state index in [1.165, 1.54) is 17.0 Å². The van der Waals surface area contributed by atoms with Crippen molar-refractivity contribution in [2.24, 2.45) is 0 Å². The molecule has 2 amide bonds. The fourth-order valence-electron chi connectivity index (χ4n) is 2.78. The number of rotatable bonds is 8. The standard InChI is InChI=1S/C20H19F6N3O2/c1-2-9-29(11-17(31)28-15-8-7-13(21)18(22)19(15)23)10-16(30)27-14-6-4-3-5-12(14)20(24,25)26/h3-8H,2,9-11H2,1H3,(H,27,30)(H,28,31). The highest BCUT2D eigenvalue weighted by Crippen LogP contribution is 2.34. The molecule has 11 heteroatoms. The lowest BCUT2D eigenvalue weighted by Gasteiger charge is -2.21. The third-order valence-electron chi connectivity index (χ3n) is 4.09. The van der Waals surface area contributed by atoms with E-state index in [2.05, 4.69) is 10.6 Å². The molecule has 2 aromatic carbocycles. The second-order valence-corrected chi connectivity index (χ2v) is 6.57. The van der Waals surface area contributed by atoms with Gasteiger partial charge in [0.2, 0.25) is 11.8 Å². The van der Waals surface area contributed by atoms with E-state index in [9.17, 15) is 35.9 Å². The van der Waals surface area contributed by atoms with Crippen LogP contribution in [0.4, 0.5) is 37.7 Å². The second-order valence-electron chi connectivity index (χ2n) is 6.57. The topological polar surface area (TPSA) is 61.4 Å². The highest BCUT2D eigenvalue weighted by molar-refractivity contribution is 5.95. The van der Waals surface area contributed by atoms with Crippen LogP contribution in [0.25, 0.3) is 0 Å². The summed E-state index contributed by atoms with van der Waals surface area (Å²) in [5, 5.41) is 4.24. The van der Waals surface area contributed by atoms with Crippen molar-refractivity contribution in [1.29, 1.82) is 0 Å². The van der Waals surface area contributed by atoms with E-state index >= 15 is 0 Å². The zero-order valence-electron chi connectivity index (χ0n) is 16.3. The third-order valence-corrected chi connectivity index (χ3v) is 4.09. The first-order chi connectivity index (χ1) is 14.5. The molecule has 0 unspecified atom stereocenters. The number of anilines is 2. The second kappa shape index (κ2) is 10.3. The number of hydrogen-bond acceptors (Lipinski definition) is 3. The summed E-state index contributed by atoms with van der Waals surface area (Å²) in [6.07, 6.45) is -4.17. The monoisotopic (exact) mass is 447 g/mol. The average molecular weight is 447 g/mol. The summed E-state index contributed by atoms with van der Waals surface area (Å²) in [6.45, 7) is 1.12. The molecule has 0 heterocycles. The molecular weight excluding hydrogens is 428 g/mol. The summed E-state index contributed by atoms with van der Waals surface area (Å²) < 4.78 is 79.1. The minimum atomic E-state index is -4.67. The lowest BCUT2D eigenvalue weighted by atomic mass is 10.1. The molecule has 2 aromatic rings. The van der Waals surface area contributed by atoms with Gasteiger partial charge in [-0.1, -0.05) is 19.1 Å². The zero-order valence-corrected chi connectivity index (χ0v) is 16.3. The predicted molar refractivity (Wildman–Crippen MR) is 102 cm³/mol. The van der Waals surface area contributed by atoms with Crippen molar-refractivity contribution >= 4 is 23.2 Å². The predicted octanol–water partition coefficient (Wildman–Crippen LogP) is 4.41. The summed E-state index contributed by atoms with van der Waals surface area (Å²) in [4.78, 5) is 25.7. The Hall–Kier alpha value is -3.08. The van der Waals surface area contributed by atoms with E-state index < -0.39 is 65.5 Å². The van der Waals surface area contributed by atoms with Gasteiger partial charge >= 0.3 is 6.18 Å². The number of nitrogens with one attached hydrogen (secondary N) is 2. The minimum Gasteiger partial charge on any atom is -0.324 e. The van der Waals surface area contributed by atoms with Gasteiger partial charge in [0.15, 0.2) is 17.5 Å². The largest absolute Gasteiger partial charge is 0.418 e. The Morgan fingerprint density at radius 3 is 2.03 bits per heavy atom. The van der Waals surface area contributed by atoms with E-state index in [0.29, 0.717) is 12.5 Å². The summed E-state index contributed by atoms with van der Waals surface area (Å²) in [5.41, 5.74) is -2.02. The van der Waals surface area contributed by atoms with Crippen molar-refractivity contribution in [2.75, 3.05) is 30.3 Å². The number of halogens is 6. The highest BCUT2D eigenvalue weighted by atomic mass is 19.4.